The zero-order valence-electron chi connectivity index (χ0n) is 14.3. The van der Waals surface area contributed by atoms with Crippen molar-refractivity contribution in [2.24, 2.45) is 0 Å². The van der Waals surface area contributed by atoms with Gasteiger partial charge in [-0.2, -0.15) is 0 Å². The molecule has 1 amide bonds. The molecule has 2 rings (SSSR count). The summed E-state index contributed by atoms with van der Waals surface area (Å²) >= 11 is 3.20. The van der Waals surface area contributed by atoms with Crippen LogP contribution in [0.15, 0.2) is 18.2 Å². The molecule has 0 aliphatic rings. The van der Waals surface area contributed by atoms with Crippen LogP contribution in [-0.4, -0.2) is 41.2 Å². The van der Waals surface area contributed by atoms with E-state index >= 15 is 0 Å². The molecule has 0 bridgehead atoms. The Balaban J connectivity index is 2.39. The Labute approximate surface area is 168 Å². The van der Waals surface area contributed by atoms with Crippen molar-refractivity contribution in [1.29, 1.82) is 0 Å². The number of benzene rings is 1. The van der Waals surface area contributed by atoms with Gasteiger partial charge in [0.15, 0.2) is 5.78 Å². The third kappa shape index (κ3) is 4.87. The van der Waals surface area contributed by atoms with E-state index in [0.717, 1.165) is 3.57 Å². The summed E-state index contributed by atoms with van der Waals surface area (Å²) in [5, 5.41) is 20.8. The lowest BCUT2D eigenvalue weighted by molar-refractivity contribution is 0.0801. The standard InChI is InChI=1S/C18H19FINO4S/c1-9-16(18(25)21-7-13(24)8-22)15(26-17(9)10(2)23)5-11-3-4-12(20)6-14(11)19/h3-4,6,13,22,24H,5,7-8H2,1-2H3,(H,21,25)/t13-/m0/s1. The Bertz CT molecular complexity index is 837. The predicted molar refractivity (Wildman–Crippen MR) is 106 cm³/mol. The molecule has 0 fully saturated rings. The fourth-order valence-corrected chi connectivity index (χ4v) is 4.21. The molecule has 0 saturated carbocycles. The average molecular weight is 491 g/mol. The van der Waals surface area contributed by atoms with Crippen molar-refractivity contribution >= 4 is 45.6 Å². The minimum Gasteiger partial charge on any atom is -0.394 e. The second-order valence-electron chi connectivity index (χ2n) is 5.87. The van der Waals surface area contributed by atoms with Crippen molar-refractivity contribution in [2.45, 2.75) is 26.4 Å². The lowest BCUT2D eigenvalue weighted by atomic mass is 10.0. The van der Waals surface area contributed by atoms with E-state index in [0.29, 0.717) is 26.4 Å². The van der Waals surface area contributed by atoms with Gasteiger partial charge < -0.3 is 15.5 Å². The Kier molecular flexibility index (Phi) is 7.27. The van der Waals surface area contributed by atoms with Gasteiger partial charge in [-0.25, -0.2) is 4.39 Å². The first-order valence-electron chi connectivity index (χ1n) is 7.88. The van der Waals surface area contributed by atoms with E-state index in [1.807, 2.05) is 22.6 Å². The van der Waals surface area contributed by atoms with Crippen molar-refractivity contribution in [1.82, 2.24) is 5.32 Å². The zero-order chi connectivity index (χ0) is 19.4. The van der Waals surface area contributed by atoms with Gasteiger partial charge in [0.25, 0.3) is 5.91 Å². The number of hydrogen-bond acceptors (Lipinski definition) is 5. The molecule has 140 valence electrons. The number of nitrogens with one attached hydrogen (secondary N) is 1. The van der Waals surface area contributed by atoms with E-state index in [4.69, 9.17) is 5.11 Å². The topological polar surface area (TPSA) is 86.6 Å². The molecule has 0 aliphatic carbocycles. The van der Waals surface area contributed by atoms with Crippen LogP contribution < -0.4 is 5.32 Å². The van der Waals surface area contributed by atoms with Crippen LogP contribution in [0, 0.1) is 16.3 Å². The molecule has 0 aliphatic heterocycles. The van der Waals surface area contributed by atoms with Crippen molar-refractivity contribution in [3.05, 3.63) is 54.0 Å². The number of aliphatic hydroxyl groups excluding tert-OH is 2. The predicted octanol–water partition coefficient (Wildman–Crippen LogP) is 2.68. The number of thiophene rings is 1. The third-order valence-electron chi connectivity index (χ3n) is 3.84. The van der Waals surface area contributed by atoms with Crippen LogP contribution in [0.3, 0.4) is 0 Å². The molecule has 2 aromatic rings. The van der Waals surface area contributed by atoms with E-state index in [1.54, 1.807) is 19.1 Å². The van der Waals surface area contributed by atoms with Crippen molar-refractivity contribution in [2.75, 3.05) is 13.2 Å². The highest BCUT2D eigenvalue weighted by Gasteiger charge is 2.24. The molecule has 5 nitrogen and oxygen atoms in total. The van der Waals surface area contributed by atoms with Crippen LogP contribution in [-0.2, 0) is 6.42 Å². The van der Waals surface area contributed by atoms with Crippen molar-refractivity contribution in [3.63, 3.8) is 0 Å². The van der Waals surface area contributed by atoms with Gasteiger partial charge in [0.2, 0.25) is 0 Å². The molecule has 0 radical (unpaired) electrons. The SMILES string of the molecule is CC(=O)c1sc(Cc2ccc(I)cc2F)c(C(=O)NC[C@H](O)CO)c1C. The molecule has 0 saturated heterocycles. The van der Waals surface area contributed by atoms with Crippen LogP contribution in [0.1, 0.15) is 43.0 Å². The van der Waals surface area contributed by atoms with Gasteiger partial charge in [0, 0.05) is 21.4 Å². The second kappa shape index (κ2) is 9.03. The monoisotopic (exact) mass is 491 g/mol. The minimum absolute atomic E-state index is 0.114. The fourth-order valence-electron chi connectivity index (χ4n) is 2.53. The maximum absolute atomic E-state index is 14.2. The van der Waals surface area contributed by atoms with Gasteiger partial charge in [-0.1, -0.05) is 6.07 Å². The minimum atomic E-state index is -1.07. The molecule has 1 heterocycles. The van der Waals surface area contributed by atoms with Crippen LogP contribution in [0.4, 0.5) is 4.39 Å². The van der Waals surface area contributed by atoms with Crippen molar-refractivity contribution < 1.29 is 24.2 Å². The number of aliphatic hydroxyl groups is 2. The summed E-state index contributed by atoms with van der Waals surface area (Å²) in [5.74, 6) is -0.986. The number of Topliss-reactive ketones (excluding diaryl/α,β-unsaturated/α-hetero) is 1. The summed E-state index contributed by atoms with van der Waals surface area (Å²) in [5.41, 5.74) is 1.30. The molecule has 1 aromatic carbocycles. The van der Waals surface area contributed by atoms with E-state index in [9.17, 15) is 19.1 Å². The number of ketones is 1. The van der Waals surface area contributed by atoms with Gasteiger partial charge in [0.1, 0.15) is 5.82 Å². The summed E-state index contributed by atoms with van der Waals surface area (Å²) in [4.78, 5) is 25.5. The number of carbonyl (C=O) groups excluding carboxylic acids is 2. The zero-order valence-corrected chi connectivity index (χ0v) is 17.3. The first-order chi connectivity index (χ1) is 12.2. The molecule has 8 heteroatoms. The molecule has 1 atom stereocenters. The van der Waals surface area contributed by atoms with Crippen molar-refractivity contribution in [3.8, 4) is 0 Å². The van der Waals surface area contributed by atoms with Gasteiger partial charge in [-0.3, -0.25) is 9.59 Å². The fraction of sp³-hybridized carbons (Fsp3) is 0.333. The van der Waals surface area contributed by atoms with Gasteiger partial charge in [0.05, 0.1) is 23.2 Å². The summed E-state index contributed by atoms with van der Waals surface area (Å²) in [6.07, 6.45) is -0.880. The molecule has 0 unspecified atom stereocenters. The van der Waals surface area contributed by atoms with Gasteiger partial charge in [-0.15, -0.1) is 11.3 Å². The molecule has 3 N–H and O–H groups in total. The maximum Gasteiger partial charge on any atom is 0.252 e. The lowest BCUT2D eigenvalue weighted by Crippen LogP contribution is -2.34. The lowest BCUT2D eigenvalue weighted by Gasteiger charge is -2.11. The summed E-state index contributed by atoms with van der Waals surface area (Å²) in [6, 6.07) is 4.86. The Hall–Kier alpha value is -1.36. The molecular weight excluding hydrogens is 472 g/mol. The number of amides is 1. The van der Waals surface area contributed by atoms with E-state index in [1.165, 1.54) is 24.3 Å². The van der Waals surface area contributed by atoms with Gasteiger partial charge in [-0.05, 0) is 59.7 Å². The highest BCUT2D eigenvalue weighted by Crippen LogP contribution is 2.31. The largest absolute Gasteiger partial charge is 0.394 e. The van der Waals surface area contributed by atoms with Crippen LogP contribution in [0.25, 0.3) is 0 Å². The summed E-state index contributed by atoms with van der Waals surface area (Å²) < 4.78 is 15.0. The van der Waals surface area contributed by atoms with E-state index in [-0.39, 0.29) is 24.6 Å². The van der Waals surface area contributed by atoms with Crippen LogP contribution >= 0.6 is 33.9 Å². The number of halogens is 2. The Morgan fingerprint density at radius 3 is 2.65 bits per heavy atom. The normalized spacial score (nSPS) is 12.1. The smallest absolute Gasteiger partial charge is 0.252 e. The third-order valence-corrected chi connectivity index (χ3v) is 5.91. The summed E-state index contributed by atoms with van der Waals surface area (Å²) in [7, 11) is 0. The highest BCUT2D eigenvalue weighted by molar-refractivity contribution is 14.1. The molecular formula is C18H19FINO4S. The number of carbonyl (C=O) groups is 2. The molecule has 26 heavy (non-hydrogen) atoms. The Morgan fingerprint density at radius 2 is 2.08 bits per heavy atom. The van der Waals surface area contributed by atoms with Crippen LogP contribution in [0.5, 0.6) is 0 Å². The van der Waals surface area contributed by atoms with E-state index in [2.05, 4.69) is 5.32 Å². The first-order valence-corrected chi connectivity index (χ1v) is 9.78. The quantitative estimate of drug-likeness (QED) is 0.411. The second-order valence-corrected chi connectivity index (χ2v) is 8.22. The maximum atomic E-state index is 14.2. The number of rotatable bonds is 7. The molecule has 1 aromatic heterocycles. The van der Waals surface area contributed by atoms with Gasteiger partial charge >= 0.3 is 0 Å². The van der Waals surface area contributed by atoms with E-state index < -0.39 is 18.6 Å². The number of hydrogen-bond donors (Lipinski definition) is 3. The summed E-state index contributed by atoms with van der Waals surface area (Å²) in [6.45, 7) is 2.52. The molecule has 0 spiro atoms. The Morgan fingerprint density at radius 1 is 1.38 bits per heavy atom. The first kappa shape index (κ1) is 20.9. The van der Waals surface area contributed by atoms with Crippen LogP contribution in [0.2, 0.25) is 0 Å². The highest BCUT2D eigenvalue weighted by atomic mass is 127. The average Bonchev–Trinajstić information content (AvgIpc) is 2.91.